The van der Waals surface area contributed by atoms with Gasteiger partial charge in [0.1, 0.15) is 0 Å². The number of hydrogen-bond donors (Lipinski definition) is 2. The van der Waals surface area contributed by atoms with Crippen LogP contribution in [0, 0.1) is 6.92 Å². The van der Waals surface area contributed by atoms with Gasteiger partial charge in [0.2, 0.25) is 11.8 Å². The van der Waals surface area contributed by atoms with Crippen molar-refractivity contribution in [3.63, 3.8) is 0 Å². The number of halogens is 1. The van der Waals surface area contributed by atoms with Gasteiger partial charge in [-0.3, -0.25) is 14.5 Å². The molecule has 0 bridgehead atoms. The maximum Gasteiger partial charge on any atom is 0.238 e. The van der Waals surface area contributed by atoms with Gasteiger partial charge in [-0.15, -0.1) is 0 Å². The molecule has 124 valence electrons. The summed E-state index contributed by atoms with van der Waals surface area (Å²) in [5.41, 5.74) is 1.89. The highest BCUT2D eigenvalue weighted by molar-refractivity contribution is 9.10. The highest BCUT2D eigenvalue weighted by Crippen LogP contribution is 2.24. The molecule has 2 amide bonds. The third kappa shape index (κ3) is 4.32. The summed E-state index contributed by atoms with van der Waals surface area (Å²) in [4.78, 5) is 26.5. The number of anilines is 1. The molecule has 1 aliphatic heterocycles. The van der Waals surface area contributed by atoms with Crippen molar-refractivity contribution in [2.75, 3.05) is 18.4 Å². The Labute approximate surface area is 144 Å². The zero-order valence-electron chi connectivity index (χ0n) is 13.3. The van der Waals surface area contributed by atoms with Crippen molar-refractivity contribution in [3.8, 4) is 0 Å². The van der Waals surface area contributed by atoms with Crippen LogP contribution < -0.4 is 10.6 Å². The smallest absolute Gasteiger partial charge is 0.238 e. The Kier molecular flexibility index (Phi) is 5.02. The molecule has 6 heteroatoms. The first-order chi connectivity index (χ1) is 11.0. The molecule has 1 atom stereocenters. The largest absolute Gasteiger partial charge is 0.352 e. The van der Waals surface area contributed by atoms with Gasteiger partial charge in [0.25, 0.3) is 0 Å². The summed E-state index contributed by atoms with van der Waals surface area (Å²) < 4.78 is 0.871. The van der Waals surface area contributed by atoms with E-state index in [1.807, 2.05) is 30.0 Å². The van der Waals surface area contributed by atoms with Gasteiger partial charge in [-0.25, -0.2) is 0 Å². The summed E-state index contributed by atoms with van der Waals surface area (Å²) in [7, 11) is 0. The van der Waals surface area contributed by atoms with E-state index >= 15 is 0 Å². The Morgan fingerprint density at radius 2 is 2.09 bits per heavy atom. The Bertz CT molecular complexity index is 616. The number of carbonyl (C=O) groups excluding carboxylic acids is 2. The van der Waals surface area contributed by atoms with Crippen molar-refractivity contribution in [3.05, 3.63) is 28.2 Å². The van der Waals surface area contributed by atoms with Crippen molar-refractivity contribution < 1.29 is 9.59 Å². The van der Waals surface area contributed by atoms with Gasteiger partial charge in [0.15, 0.2) is 0 Å². The van der Waals surface area contributed by atoms with Gasteiger partial charge in [-0.2, -0.15) is 0 Å². The fourth-order valence-electron chi connectivity index (χ4n) is 2.93. The predicted molar refractivity (Wildman–Crippen MR) is 93.3 cm³/mol. The second-order valence-corrected chi connectivity index (χ2v) is 7.30. The molecule has 2 aliphatic rings. The molecule has 2 fully saturated rings. The minimum atomic E-state index is -0.164. The number of benzene rings is 1. The van der Waals surface area contributed by atoms with E-state index in [2.05, 4.69) is 26.6 Å². The van der Waals surface area contributed by atoms with E-state index in [0.717, 1.165) is 48.0 Å². The molecule has 5 nitrogen and oxygen atoms in total. The summed E-state index contributed by atoms with van der Waals surface area (Å²) in [6, 6.07) is 6.02. The Morgan fingerprint density at radius 3 is 2.78 bits per heavy atom. The van der Waals surface area contributed by atoms with Crippen molar-refractivity contribution in [1.29, 1.82) is 0 Å². The maximum atomic E-state index is 12.3. The van der Waals surface area contributed by atoms with Crippen LogP contribution in [-0.2, 0) is 9.59 Å². The summed E-state index contributed by atoms with van der Waals surface area (Å²) in [5, 5.41) is 5.96. The first kappa shape index (κ1) is 16.5. The highest BCUT2D eigenvalue weighted by Gasteiger charge is 2.34. The Balaban J connectivity index is 1.56. The van der Waals surface area contributed by atoms with E-state index in [0.29, 0.717) is 6.04 Å². The third-order valence-electron chi connectivity index (χ3n) is 4.34. The van der Waals surface area contributed by atoms with Crippen LogP contribution in [-0.4, -0.2) is 41.9 Å². The fourth-order valence-corrected chi connectivity index (χ4v) is 3.53. The van der Waals surface area contributed by atoms with Gasteiger partial charge in [-0.05, 0) is 72.8 Å². The SMILES string of the molecule is Cc1ccc(NC(=O)CN2CCCC2C(=O)NC2CC2)c(Br)c1. The van der Waals surface area contributed by atoms with E-state index in [9.17, 15) is 9.59 Å². The molecule has 1 aliphatic carbocycles. The minimum Gasteiger partial charge on any atom is -0.352 e. The lowest BCUT2D eigenvalue weighted by Gasteiger charge is -2.23. The maximum absolute atomic E-state index is 12.3. The lowest BCUT2D eigenvalue weighted by molar-refractivity contribution is -0.126. The molecule has 0 spiro atoms. The molecular weight excluding hydrogens is 358 g/mol. The van der Waals surface area contributed by atoms with Crippen LogP contribution in [0.15, 0.2) is 22.7 Å². The van der Waals surface area contributed by atoms with E-state index in [1.54, 1.807) is 0 Å². The molecule has 23 heavy (non-hydrogen) atoms. The average Bonchev–Trinajstić information content (AvgIpc) is 3.18. The van der Waals surface area contributed by atoms with E-state index in [1.165, 1.54) is 0 Å². The normalized spacial score (nSPS) is 21.2. The van der Waals surface area contributed by atoms with Gasteiger partial charge in [-0.1, -0.05) is 6.07 Å². The van der Waals surface area contributed by atoms with Crippen molar-refractivity contribution >= 4 is 33.4 Å². The average molecular weight is 380 g/mol. The van der Waals surface area contributed by atoms with E-state index < -0.39 is 0 Å². The second-order valence-electron chi connectivity index (χ2n) is 6.44. The van der Waals surface area contributed by atoms with Crippen LogP contribution in [0.1, 0.15) is 31.2 Å². The lowest BCUT2D eigenvalue weighted by atomic mass is 10.2. The van der Waals surface area contributed by atoms with Crippen LogP contribution in [0.5, 0.6) is 0 Å². The minimum absolute atomic E-state index is 0.0781. The van der Waals surface area contributed by atoms with Crippen LogP contribution in [0.25, 0.3) is 0 Å². The molecule has 3 rings (SSSR count). The summed E-state index contributed by atoms with van der Waals surface area (Å²) in [6.07, 6.45) is 3.96. The van der Waals surface area contributed by atoms with Crippen LogP contribution in [0.3, 0.4) is 0 Å². The predicted octanol–water partition coefficient (Wildman–Crippen LogP) is 2.44. The van der Waals surface area contributed by atoms with Crippen LogP contribution in [0.2, 0.25) is 0 Å². The number of carbonyl (C=O) groups is 2. The number of likely N-dealkylation sites (tertiary alicyclic amines) is 1. The van der Waals surface area contributed by atoms with Crippen LogP contribution >= 0.6 is 15.9 Å². The standard InChI is InChI=1S/C17H22BrN3O2/c1-11-4-7-14(13(18)9-11)20-16(22)10-21-8-2-3-15(21)17(23)19-12-5-6-12/h4,7,9,12,15H,2-3,5-6,8,10H2,1H3,(H,19,23)(H,20,22). The summed E-state index contributed by atoms with van der Waals surface area (Å²) >= 11 is 3.47. The molecule has 0 aromatic heterocycles. The zero-order valence-corrected chi connectivity index (χ0v) is 14.9. The number of amides is 2. The quantitative estimate of drug-likeness (QED) is 0.825. The van der Waals surface area contributed by atoms with Crippen molar-refractivity contribution in [1.82, 2.24) is 10.2 Å². The van der Waals surface area contributed by atoms with Crippen molar-refractivity contribution in [2.24, 2.45) is 0 Å². The lowest BCUT2D eigenvalue weighted by Crippen LogP contribution is -2.46. The monoisotopic (exact) mass is 379 g/mol. The second kappa shape index (κ2) is 7.01. The topological polar surface area (TPSA) is 61.4 Å². The summed E-state index contributed by atoms with van der Waals surface area (Å²) in [6.45, 7) is 3.05. The Morgan fingerprint density at radius 1 is 1.30 bits per heavy atom. The highest BCUT2D eigenvalue weighted by atomic mass is 79.9. The molecule has 1 aromatic carbocycles. The van der Waals surface area contributed by atoms with Gasteiger partial charge in [0.05, 0.1) is 18.3 Å². The molecule has 0 radical (unpaired) electrons. The number of aryl methyl sites for hydroxylation is 1. The molecule has 1 aromatic rings. The fraction of sp³-hybridized carbons (Fsp3) is 0.529. The molecule has 1 unspecified atom stereocenters. The molecule has 1 saturated heterocycles. The third-order valence-corrected chi connectivity index (χ3v) is 4.99. The van der Waals surface area contributed by atoms with Crippen LogP contribution in [0.4, 0.5) is 5.69 Å². The molecule has 1 saturated carbocycles. The molecule has 1 heterocycles. The van der Waals surface area contributed by atoms with Gasteiger partial charge >= 0.3 is 0 Å². The van der Waals surface area contributed by atoms with Gasteiger partial charge in [0, 0.05) is 10.5 Å². The van der Waals surface area contributed by atoms with E-state index in [-0.39, 0.29) is 24.4 Å². The zero-order chi connectivity index (χ0) is 16.4. The first-order valence-corrected chi connectivity index (χ1v) is 8.92. The first-order valence-electron chi connectivity index (χ1n) is 8.13. The summed E-state index contributed by atoms with van der Waals surface area (Å²) in [5.74, 6) is -0.00464. The molecule has 2 N–H and O–H groups in total. The number of rotatable bonds is 5. The van der Waals surface area contributed by atoms with Gasteiger partial charge < -0.3 is 10.6 Å². The van der Waals surface area contributed by atoms with E-state index in [4.69, 9.17) is 0 Å². The van der Waals surface area contributed by atoms with Crippen molar-refractivity contribution in [2.45, 2.75) is 44.7 Å². The number of nitrogens with zero attached hydrogens (tertiary/aromatic N) is 1. The molecular formula is C17H22BrN3O2. The number of hydrogen-bond acceptors (Lipinski definition) is 3. The Hall–Kier alpha value is -1.40. The number of nitrogens with one attached hydrogen (secondary N) is 2.